The van der Waals surface area contributed by atoms with Crippen LogP contribution in [0.4, 0.5) is 0 Å². The second-order valence-electron chi connectivity index (χ2n) is 7.60. The second kappa shape index (κ2) is 10.2. The van der Waals surface area contributed by atoms with Gasteiger partial charge in [0.2, 0.25) is 11.8 Å². The highest BCUT2D eigenvalue weighted by molar-refractivity contribution is 5.79. The number of likely N-dealkylation sites (tertiary alicyclic amines) is 1. The van der Waals surface area contributed by atoms with Crippen LogP contribution in [-0.4, -0.2) is 34.1 Å². The molecule has 6 heteroatoms. The summed E-state index contributed by atoms with van der Waals surface area (Å²) in [4.78, 5) is 19.4. The standard InChI is InChI=1S/C24H27N3O3/c28-23(17-19-9-3-1-4-10-19)27-15-8-7-13-21(27)24-25-22(26-30-24)14-16-29-18-20-11-5-2-6-12-20/h1-6,9-12,21H,7-8,13-18H2. The molecule has 0 N–H and O–H groups in total. The number of nitrogens with zero attached hydrogens (tertiary/aromatic N) is 3. The van der Waals surface area contributed by atoms with Crippen LogP contribution in [0.2, 0.25) is 0 Å². The molecule has 1 aromatic heterocycles. The molecule has 3 aromatic rings. The number of hydrogen-bond donors (Lipinski definition) is 0. The minimum Gasteiger partial charge on any atom is -0.376 e. The fourth-order valence-electron chi connectivity index (χ4n) is 3.79. The predicted octanol–water partition coefficient (Wildman–Crippen LogP) is 4.13. The fraction of sp³-hybridized carbons (Fsp3) is 0.375. The highest BCUT2D eigenvalue weighted by atomic mass is 16.5. The van der Waals surface area contributed by atoms with Crippen molar-refractivity contribution in [2.75, 3.05) is 13.2 Å². The third-order valence-corrected chi connectivity index (χ3v) is 5.37. The largest absolute Gasteiger partial charge is 0.376 e. The van der Waals surface area contributed by atoms with E-state index < -0.39 is 0 Å². The van der Waals surface area contributed by atoms with Crippen molar-refractivity contribution in [2.24, 2.45) is 0 Å². The van der Waals surface area contributed by atoms with E-state index in [2.05, 4.69) is 10.1 Å². The van der Waals surface area contributed by atoms with E-state index in [0.29, 0.717) is 37.8 Å². The van der Waals surface area contributed by atoms with Crippen LogP contribution >= 0.6 is 0 Å². The Morgan fingerprint density at radius 2 is 1.77 bits per heavy atom. The maximum atomic E-state index is 12.9. The number of ether oxygens (including phenoxy) is 1. The van der Waals surface area contributed by atoms with Crippen LogP contribution in [0.5, 0.6) is 0 Å². The molecule has 0 spiro atoms. The Bertz CT molecular complexity index is 927. The number of hydrogen-bond acceptors (Lipinski definition) is 5. The van der Waals surface area contributed by atoms with Gasteiger partial charge < -0.3 is 14.2 Å². The van der Waals surface area contributed by atoms with Gasteiger partial charge in [0.1, 0.15) is 6.04 Å². The number of aromatic nitrogens is 2. The number of rotatable bonds is 8. The zero-order chi connectivity index (χ0) is 20.6. The lowest BCUT2D eigenvalue weighted by Crippen LogP contribution is -2.39. The van der Waals surface area contributed by atoms with E-state index in [1.165, 1.54) is 0 Å². The Morgan fingerprint density at radius 3 is 2.53 bits per heavy atom. The molecule has 1 fully saturated rings. The fourth-order valence-corrected chi connectivity index (χ4v) is 3.79. The van der Waals surface area contributed by atoms with Gasteiger partial charge in [-0.2, -0.15) is 4.98 Å². The Hall–Kier alpha value is -2.99. The molecule has 1 aliphatic rings. The summed E-state index contributed by atoms with van der Waals surface area (Å²) in [5.41, 5.74) is 2.16. The molecule has 0 radical (unpaired) electrons. The average Bonchev–Trinajstić information content (AvgIpc) is 3.27. The summed E-state index contributed by atoms with van der Waals surface area (Å²) in [5.74, 6) is 1.27. The minimum atomic E-state index is -0.138. The smallest absolute Gasteiger partial charge is 0.249 e. The van der Waals surface area contributed by atoms with Crippen molar-refractivity contribution in [2.45, 2.75) is 44.8 Å². The van der Waals surface area contributed by atoms with Gasteiger partial charge in [0.25, 0.3) is 0 Å². The lowest BCUT2D eigenvalue weighted by molar-refractivity contribution is -0.135. The molecule has 4 rings (SSSR count). The molecule has 2 heterocycles. The van der Waals surface area contributed by atoms with E-state index in [1.807, 2.05) is 65.6 Å². The monoisotopic (exact) mass is 405 g/mol. The van der Waals surface area contributed by atoms with Gasteiger partial charge in [-0.1, -0.05) is 65.8 Å². The van der Waals surface area contributed by atoms with Crippen molar-refractivity contribution in [1.29, 1.82) is 0 Å². The first kappa shape index (κ1) is 20.3. The molecule has 0 bridgehead atoms. The lowest BCUT2D eigenvalue weighted by Gasteiger charge is -2.33. The Morgan fingerprint density at radius 1 is 1.03 bits per heavy atom. The van der Waals surface area contributed by atoms with Gasteiger partial charge in [-0.05, 0) is 30.4 Å². The second-order valence-corrected chi connectivity index (χ2v) is 7.60. The molecule has 1 unspecified atom stereocenters. The van der Waals surface area contributed by atoms with E-state index in [0.717, 1.165) is 36.9 Å². The van der Waals surface area contributed by atoms with Crippen molar-refractivity contribution in [3.05, 3.63) is 83.5 Å². The molecule has 30 heavy (non-hydrogen) atoms. The number of piperidine rings is 1. The molecule has 0 saturated carbocycles. The van der Waals surface area contributed by atoms with Crippen LogP contribution in [0.15, 0.2) is 65.2 Å². The van der Waals surface area contributed by atoms with Crippen molar-refractivity contribution in [1.82, 2.24) is 15.0 Å². The average molecular weight is 405 g/mol. The molecule has 0 aliphatic carbocycles. The minimum absolute atomic E-state index is 0.108. The van der Waals surface area contributed by atoms with Gasteiger partial charge in [0, 0.05) is 13.0 Å². The maximum Gasteiger partial charge on any atom is 0.249 e. The highest BCUT2D eigenvalue weighted by Crippen LogP contribution is 2.30. The van der Waals surface area contributed by atoms with Crippen LogP contribution in [-0.2, 0) is 29.0 Å². The third-order valence-electron chi connectivity index (χ3n) is 5.37. The van der Waals surface area contributed by atoms with Crippen molar-refractivity contribution in [3.63, 3.8) is 0 Å². The number of carbonyl (C=O) groups excluding carboxylic acids is 1. The van der Waals surface area contributed by atoms with Gasteiger partial charge in [0.15, 0.2) is 5.82 Å². The van der Waals surface area contributed by atoms with Crippen LogP contribution in [0.25, 0.3) is 0 Å². The molecule has 6 nitrogen and oxygen atoms in total. The summed E-state index contributed by atoms with van der Waals surface area (Å²) < 4.78 is 11.3. The SMILES string of the molecule is O=C(Cc1ccccc1)N1CCCCC1c1nc(CCOCc2ccccc2)no1. The van der Waals surface area contributed by atoms with Crippen molar-refractivity contribution >= 4 is 5.91 Å². The van der Waals surface area contributed by atoms with Gasteiger partial charge >= 0.3 is 0 Å². The zero-order valence-corrected chi connectivity index (χ0v) is 17.1. The summed E-state index contributed by atoms with van der Waals surface area (Å²) in [7, 11) is 0. The van der Waals surface area contributed by atoms with Crippen LogP contribution in [0, 0.1) is 0 Å². The zero-order valence-electron chi connectivity index (χ0n) is 17.1. The van der Waals surface area contributed by atoms with Crippen molar-refractivity contribution < 1.29 is 14.1 Å². The van der Waals surface area contributed by atoms with Crippen LogP contribution < -0.4 is 0 Å². The number of amides is 1. The van der Waals surface area contributed by atoms with E-state index in [1.54, 1.807) is 0 Å². The molecule has 156 valence electrons. The summed E-state index contributed by atoms with van der Waals surface area (Å²) in [6.07, 6.45) is 3.89. The number of benzene rings is 2. The van der Waals surface area contributed by atoms with Gasteiger partial charge in [-0.3, -0.25) is 4.79 Å². The van der Waals surface area contributed by atoms with E-state index in [-0.39, 0.29) is 11.9 Å². The summed E-state index contributed by atoms with van der Waals surface area (Å²) in [6.45, 7) is 1.82. The van der Waals surface area contributed by atoms with Gasteiger partial charge in [-0.15, -0.1) is 0 Å². The molecule has 1 aliphatic heterocycles. The normalized spacial score (nSPS) is 16.5. The van der Waals surface area contributed by atoms with E-state index in [9.17, 15) is 4.79 Å². The molecular formula is C24H27N3O3. The topological polar surface area (TPSA) is 68.5 Å². The van der Waals surface area contributed by atoms with Crippen molar-refractivity contribution in [3.8, 4) is 0 Å². The van der Waals surface area contributed by atoms with Crippen LogP contribution in [0.3, 0.4) is 0 Å². The Labute approximate surface area is 176 Å². The Balaban J connectivity index is 1.33. The summed E-state index contributed by atoms with van der Waals surface area (Å²) in [6, 6.07) is 19.8. The van der Waals surface area contributed by atoms with E-state index >= 15 is 0 Å². The third kappa shape index (κ3) is 5.33. The predicted molar refractivity (Wildman–Crippen MR) is 113 cm³/mol. The van der Waals surface area contributed by atoms with E-state index in [4.69, 9.17) is 9.26 Å². The molecule has 1 saturated heterocycles. The van der Waals surface area contributed by atoms with Crippen LogP contribution in [0.1, 0.15) is 48.1 Å². The molecule has 1 atom stereocenters. The number of carbonyl (C=O) groups is 1. The van der Waals surface area contributed by atoms with Gasteiger partial charge in [0.05, 0.1) is 19.6 Å². The maximum absolute atomic E-state index is 12.9. The summed E-state index contributed by atoms with van der Waals surface area (Å²) >= 11 is 0. The first-order valence-electron chi connectivity index (χ1n) is 10.6. The first-order chi connectivity index (χ1) is 14.8. The molecule has 2 aromatic carbocycles. The first-order valence-corrected chi connectivity index (χ1v) is 10.6. The summed E-state index contributed by atoms with van der Waals surface area (Å²) in [5, 5.41) is 4.11. The van der Waals surface area contributed by atoms with Gasteiger partial charge in [-0.25, -0.2) is 0 Å². The lowest BCUT2D eigenvalue weighted by atomic mass is 10.0. The Kier molecular flexibility index (Phi) is 6.87. The quantitative estimate of drug-likeness (QED) is 0.527. The molecular weight excluding hydrogens is 378 g/mol. The highest BCUT2D eigenvalue weighted by Gasteiger charge is 2.32. The molecule has 1 amide bonds.